The average Bonchev–Trinajstić information content (AvgIpc) is 2.90. The Morgan fingerprint density at radius 1 is 1.08 bits per heavy atom. The summed E-state index contributed by atoms with van der Waals surface area (Å²) in [6.45, 7) is 1.12. The molecule has 0 aliphatic carbocycles. The molecule has 4 rings (SSSR count). The topological polar surface area (TPSA) is 42.0 Å². The van der Waals surface area contributed by atoms with Crippen molar-refractivity contribution < 1.29 is 14.3 Å². The number of amides is 1. The third kappa shape index (κ3) is 2.70. The van der Waals surface area contributed by atoms with Crippen LogP contribution in [0.15, 0.2) is 42.5 Å². The number of methoxy groups -OCH3 is 2. The monoisotopic (exact) mass is 368 g/mol. The van der Waals surface area contributed by atoms with Crippen LogP contribution in [0.25, 0.3) is 0 Å². The summed E-state index contributed by atoms with van der Waals surface area (Å²) in [6.07, 6.45) is 0.625. The molecule has 2 aliphatic heterocycles. The molecule has 5 nitrogen and oxygen atoms in total. The first kappa shape index (κ1) is 16.8. The molecule has 26 heavy (non-hydrogen) atoms. The highest BCUT2D eigenvalue weighted by Crippen LogP contribution is 2.37. The summed E-state index contributed by atoms with van der Waals surface area (Å²) in [6, 6.07) is 13.7. The lowest BCUT2D eigenvalue weighted by Gasteiger charge is -2.31. The first-order valence-electron chi connectivity index (χ1n) is 8.52. The molecule has 2 aromatic carbocycles. The maximum atomic E-state index is 13.0. The summed E-state index contributed by atoms with van der Waals surface area (Å²) in [4.78, 5) is 16.7. The largest absolute Gasteiger partial charge is 0.493 e. The molecule has 1 unspecified atom stereocenters. The van der Waals surface area contributed by atoms with Crippen molar-refractivity contribution in [3.05, 3.63) is 59.2 Å². The molecule has 1 fully saturated rings. The average molecular weight is 368 g/mol. The lowest BCUT2D eigenvalue weighted by molar-refractivity contribution is -0.128. The molecule has 1 amide bonds. The summed E-state index contributed by atoms with van der Waals surface area (Å²) in [5.74, 6) is 1.45. The van der Waals surface area contributed by atoms with E-state index < -0.39 is 0 Å². The SMILES string of the molecule is COc1cc2c(cc1OC)CN1C(=S)N(Cc3ccccc3)C(=O)C1C2. The number of rotatable bonds is 4. The van der Waals surface area contributed by atoms with Crippen LogP contribution in [0.1, 0.15) is 16.7 Å². The smallest absolute Gasteiger partial charge is 0.252 e. The summed E-state index contributed by atoms with van der Waals surface area (Å²) < 4.78 is 10.8. The van der Waals surface area contributed by atoms with E-state index >= 15 is 0 Å². The molecule has 0 aromatic heterocycles. The van der Waals surface area contributed by atoms with Crippen molar-refractivity contribution >= 4 is 23.2 Å². The third-order valence-electron chi connectivity index (χ3n) is 5.05. The number of benzene rings is 2. The van der Waals surface area contributed by atoms with Crippen LogP contribution in [0, 0.1) is 0 Å². The van der Waals surface area contributed by atoms with E-state index in [2.05, 4.69) is 0 Å². The molecular weight excluding hydrogens is 348 g/mol. The van der Waals surface area contributed by atoms with Crippen LogP contribution >= 0.6 is 12.2 Å². The van der Waals surface area contributed by atoms with Crippen molar-refractivity contribution in [3.63, 3.8) is 0 Å². The van der Waals surface area contributed by atoms with E-state index in [9.17, 15) is 4.79 Å². The summed E-state index contributed by atoms with van der Waals surface area (Å²) in [7, 11) is 3.25. The normalized spacial score (nSPS) is 18.6. The highest BCUT2D eigenvalue weighted by molar-refractivity contribution is 7.80. The van der Waals surface area contributed by atoms with E-state index in [4.69, 9.17) is 21.7 Å². The van der Waals surface area contributed by atoms with Gasteiger partial charge in [0, 0.05) is 13.0 Å². The Morgan fingerprint density at radius 2 is 1.73 bits per heavy atom. The highest BCUT2D eigenvalue weighted by Gasteiger charge is 2.44. The fourth-order valence-electron chi connectivity index (χ4n) is 3.67. The Kier molecular flexibility index (Phi) is 4.28. The molecule has 0 bridgehead atoms. The predicted molar refractivity (Wildman–Crippen MR) is 102 cm³/mol. The van der Waals surface area contributed by atoms with Gasteiger partial charge in [0.05, 0.1) is 20.8 Å². The van der Waals surface area contributed by atoms with Gasteiger partial charge in [-0.2, -0.15) is 0 Å². The van der Waals surface area contributed by atoms with Crippen molar-refractivity contribution in [3.8, 4) is 11.5 Å². The fourth-order valence-corrected chi connectivity index (χ4v) is 4.02. The second-order valence-electron chi connectivity index (χ2n) is 6.52. The van der Waals surface area contributed by atoms with E-state index in [1.54, 1.807) is 19.1 Å². The molecular formula is C20H20N2O3S. The zero-order chi connectivity index (χ0) is 18.3. The molecule has 134 valence electrons. The lowest BCUT2D eigenvalue weighted by atomic mass is 9.94. The number of carbonyl (C=O) groups excluding carboxylic acids is 1. The standard InChI is InChI=1S/C20H20N2O3S/c1-24-17-9-14-8-16-19(23)22(11-13-6-4-3-5-7-13)20(26)21(16)12-15(14)10-18(17)25-2/h3-7,9-10,16H,8,11-12H2,1-2H3. The Balaban J connectivity index is 1.63. The van der Waals surface area contributed by atoms with Crippen LogP contribution in [-0.2, 0) is 24.3 Å². The van der Waals surface area contributed by atoms with Crippen LogP contribution in [0.3, 0.4) is 0 Å². The molecule has 0 radical (unpaired) electrons. The second kappa shape index (κ2) is 6.61. The number of thiocarbonyl (C=S) groups is 1. The zero-order valence-corrected chi connectivity index (χ0v) is 15.6. The second-order valence-corrected chi connectivity index (χ2v) is 6.88. The van der Waals surface area contributed by atoms with Crippen molar-refractivity contribution in [2.75, 3.05) is 14.2 Å². The van der Waals surface area contributed by atoms with E-state index in [0.717, 1.165) is 16.7 Å². The van der Waals surface area contributed by atoms with Gasteiger partial charge in [-0.05, 0) is 41.0 Å². The van der Waals surface area contributed by atoms with Gasteiger partial charge >= 0.3 is 0 Å². The van der Waals surface area contributed by atoms with Crippen molar-refractivity contribution in [1.29, 1.82) is 0 Å². The fraction of sp³-hybridized carbons (Fsp3) is 0.300. The number of carbonyl (C=O) groups is 1. The van der Waals surface area contributed by atoms with Crippen LogP contribution in [-0.4, -0.2) is 41.1 Å². The predicted octanol–water partition coefficient (Wildman–Crippen LogP) is 2.76. The van der Waals surface area contributed by atoms with Crippen LogP contribution in [0.2, 0.25) is 0 Å². The number of hydrogen-bond donors (Lipinski definition) is 0. The molecule has 0 spiro atoms. The Hall–Kier alpha value is -2.60. The number of fused-ring (bicyclic) bond motifs is 2. The number of nitrogens with zero attached hydrogens (tertiary/aromatic N) is 2. The number of hydrogen-bond acceptors (Lipinski definition) is 4. The maximum Gasteiger partial charge on any atom is 0.252 e. The van der Waals surface area contributed by atoms with Gasteiger partial charge in [-0.3, -0.25) is 9.69 Å². The van der Waals surface area contributed by atoms with Gasteiger partial charge in [0.2, 0.25) is 0 Å². The Labute approximate surface area is 158 Å². The first-order valence-corrected chi connectivity index (χ1v) is 8.93. The van der Waals surface area contributed by atoms with Gasteiger partial charge in [0.15, 0.2) is 16.6 Å². The van der Waals surface area contributed by atoms with Crippen LogP contribution in [0.4, 0.5) is 0 Å². The van der Waals surface area contributed by atoms with Crippen molar-refractivity contribution in [1.82, 2.24) is 9.80 Å². The van der Waals surface area contributed by atoms with Crippen molar-refractivity contribution in [2.24, 2.45) is 0 Å². The van der Waals surface area contributed by atoms with E-state index in [0.29, 0.717) is 36.1 Å². The minimum Gasteiger partial charge on any atom is -0.493 e. The van der Waals surface area contributed by atoms with Gasteiger partial charge in [-0.15, -0.1) is 0 Å². The molecule has 6 heteroatoms. The van der Waals surface area contributed by atoms with Gasteiger partial charge in [-0.25, -0.2) is 0 Å². The minimum atomic E-state index is -0.239. The molecule has 2 aliphatic rings. The van der Waals surface area contributed by atoms with Crippen LogP contribution < -0.4 is 9.47 Å². The van der Waals surface area contributed by atoms with Crippen molar-refractivity contribution in [2.45, 2.75) is 25.6 Å². The zero-order valence-electron chi connectivity index (χ0n) is 14.8. The van der Waals surface area contributed by atoms with Gasteiger partial charge in [0.25, 0.3) is 5.91 Å². The molecule has 1 saturated heterocycles. The molecule has 0 saturated carbocycles. The number of ether oxygens (including phenoxy) is 2. The summed E-state index contributed by atoms with van der Waals surface area (Å²) >= 11 is 5.63. The third-order valence-corrected chi connectivity index (χ3v) is 5.50. The minimum absolute atomic E-state index is 0.0688. The van der Waals surface area contributed by atoms with E-state index in [1.165, 1.54) is 0 Å². The summed E-state index contributed by atoms with van der Waals surface area (Å²) in [5, 5.41) is 0.601. The van der Waals surface area contributed by atoms with Gasteiger partial charge in [0.1, 0.15) is 6.04 Å². The molecule has 1 atom stereocenters. The van der Waals surface area contributed by atoms with E-state index in [1.807, 2.05) is 47.4 Å². The molecule has 0 N–H and O–H groups in total. The highest BCUT2D eigenvalue weighted by atomic mass is 32.1. The van der Waals surface area contributed by atoms with Gasteiger partial charge < -0.3 is 14.4 Å². The van der Waals surface area contributed by atoms with Gasteiger partial charge in [-0.1, -0.05) is 30.3 Å². The van der Waals surface area contributed by atoms with E-state index in [-0.39, 0.29) is 11.9 Å². The quantitative estimate of drug-likeness (QED) is 0.777. The Morgan fingerprint density at radius 3 is 2.38 bits per heavy atom. The first-order chi connectivity index (χ1) is 12.6. The lowest BCUT2D eigenvalue weighted by Crippen LogP contribution is -2.40. The molecule has 2 heterocycles. The van der Waals surface area contributed by atoms with Crippen LogP contribution in [0.5, 0.6) is 11.5 Å². The Bertz CT molecular complexity index is 818. The summed E-state index contributed by atoms with van der Waals surface area (Å²) in [5.41, 5.74) is 3.31. The molecule has 2 aromatic rings. The maximum absolute atomic E-state index is 13.0.